The largest absolute Gasteiger partial charge is 0.384 e. The summed E-state index contributed by atoms with van der Waals surface area (Å²) in [6.07, 6.45) is 1.53. The quantitative estimate of drug-likeness (QED) is 0.274. The summed E-state index contributed by atoms with van der Waals surface area (Å²) in [6, 6.07) is 16.3. The molecule has 4 aromatic rings. The Kier molecular flexibility index (Phi) is 8.33. The number of hydrogen-bond acceptors (Lipinski definition) is 7. The fraction of sp³-hybridized carbons (Fsp3) is 0.393. The van der Waals surface area contributed by atoms with Gasteiger partial charge >= 0.3 is 0 Å². The van der Waals surface area contributed by atoms with Gasteiger partial charge in [-0.1, -0.05) is 55.5 Å². The minimum Gasteiger partial charge on any atom is -0.384 e. The molecular formula is C28H35N7O3. The first-order valence-corrected chi connectivity index (χ1v) is 12.9. The molecule has 2 heterocycles. The zero-order valence-electron chi connectivity index (χ0n) is 22.4. The van der Waals surface area contributed by atoms with Crippen molar-refractivity contribution in [3.8, 4) is 22.5 Å². The molecule has 4 rings (SSSR count). The summed E-state index contributed by atoms with van der Waals surface area (Å²) in [5.74, 6) is 0.838. The van der Waals surface area contributed by atoms with Crippen LogP contribution < -0.4 is 5.73 Å². The van der Waals surface area contributed by atoms with E-state index in [9.17, 15) is 9.90 Å². The van der Waals surface area contributed by atoms with Crippen LogP contribution in [0.1, 0.15) is 61.7 Å². The van der Waals surface area contributed by atoms with E-state index in [1.165, 1.54) is 0 Å². The van der Waals surface area contributed by atoms with Gasteiger partial charge in [0, 0.05) is 25.1 Å². The third-order valence-electron chi connectivity index (χ3n) is 6.29. The first kappa shape index (κ1) is 27.2. The van der Waals surface area contributed by atoms with Gasteiger partial charge in [-0.2, -0.15) is 0 Å². The van der Waals surface area contributed by atoms with Crippen molar-refractivity contribution in [2.24, 2.45) is 5.73 Å². The fourth-order valence-corrected chi connectivity index (χ4v) is 4.41. The maximum atomic E-state index is 12.4. The van der Waals surface area contributed by atoms with Crippen LogP contribution in [0.5, 0.6) is 0 Å². The highest BCUT2D eigenvalue weighted by molar-refractivity contribution is 5.92. The summed E-state index contributed by atoms with van der Waals surface area (Å²) in [4.78, 5) is 17.0. The van der Waals surface area contributed by atoms with Crippen LogP contribution in [0.3, 0.4) is 0 Å². The third-order valence-corrected chi connectivity index (χ3v) is 6.29. The summed E-state index contributed by atoms with van der Waals surface area (Å²) in [6.45, 7) is 9.46. The highest BCUT2D eigenvalue weighted by Gasteiger charge is 2.30. The Morgan fingerprint density at radius 1 is 1.03 bits per heavy atom. The average Bonchev–Trinajstić information content (AvgIpc) is 3.50. The minimum absolute atomic E-state index is 0.254. The molecule has 38 heavy (non-hydrogen) atoms. The third kappa shape index (κ3) is 5.98. The Bertz CT molecular complexity index is 1370. The van der Waals surface area contributed by atoms with Crippen LogP contribution >= 0.6 is 0 Å². The van der Waals surface area contributed by atoms with Crippen molar-refractivity contribution in [3.63, 3.8) is 0 Å². The number of ether oxygens (including phenoxy) is 1. The van der Waals surface area contributed by atoms with E-state index in [4.69, 9.17) is 10.5 Å². The number of tetrazole rings is 1. The first-order valence-electron chi connectivity index (χ1n) is 12.9. The topological polar surface area (TPSA) is 134 Å². The molecule has 0 aliphatic carbocycles. The van der Waals surface area contributed by atoms with Crippen LogP contribution in [0.15, 0.2) is 48.5 Å². The van der Waals surface area contributed by atoms with E-state index >= 15 is 0 Å². The predicted molar refractivity (Wildman–Crippen MR) is 144 cm³/mol. The van der Waals surface area contributed by atoms with Gasteiger partial charge in [0.1, 0.15) is 22.8 Å². The zero-order valence-corrected chi connectivity index (χ0v) is 22.4. The van der Waals surface area contributed by atoms with E-state index in [-0.39, 0.29) is 5.69 Å². The number of aliphatic hydroxyl groups is 1. The lowest BCUT2D eigenvalue weighted by molar-refractivity contribution is 0.0711. The van der Waals surface area contributed by atoms with Crippen LogP contribution in [0, 0.1) is 0 Å². The molecule has 0 fully saturated rings. The molecule has 1 amide bonds. The number of nitrogens with zero attached hydrogens (tertiary/aromatic N) is 6. The lowest BCUT2D eigenvalue weighted by atomic mass is 10.0. The van der Waals surface area contributed by atoms with Crippen molar-refractivity contribution in [1.29, 1.82) is 0 Å². The zero-order chi connectivity index (χ0) is 27.3. The van der Waals surface area contributed by atoms with Crippen LogP contribution in [0.2, 0.25) is 0 Å². The number of carbonyl (C=O) groups is 1. The van der Waals surface area contributed by atoms with Crippen molar-refractivity contribution in [1.82, 2.24) is 29.8 Å². The van der Waals surface area contributed by atoms with Crippen LogP contribution in [-0.2, 0) is 29.8 Å². The molecule has 0 saturated heterocycles. The maximum Gasteiger partial charge on any atom is 0.267 e. The van der Waals surface area contributed by atoms with Gasteiger partial charge in [-0.15, -0.1) is 5.10 Å². The number of hydrogen-bond donors (Lipinski definition) is 2. The van der Waals surface area contributed by atoms with Gasteiger partial charge in [0.2, 0.25) is 0 Å². The van der Waals surface area contributed by atoms with E-state index in [1.54, 1.807) is 18.5 Å². The molecule has 0 aliphatic rings. The normalized spacial score (nSPS) is 11.7. The van der Waals surface area contributed by atoms with E-state index in [0.717, 1.165) is 34.5 Å². The standard InChI is InChI=1S/C28H35N7O3/c1-5-7-23-30-25(28(3,4)37)24(26(29)36)34(23)18-19-8-10-20(11-9-19)21-12-14-22(15-13-21)27-31-32-33-35(27)16-17-38-6-2/h8-15,37H,5-7,16-18H2,1-4H3,(H2,29,36). The average molecular weight is 518 g/mol. The van der Waals surface area contributed by atoms with E-state index in [1.807, 2.05) is 66.9 Å². The molecule has 3 N–H and O–H groups in total. The Labute approximate surface area is 222 Å². The van der Waals surface area contributed by atoms with E-state index in [2.05, 4.69) is 20.5 Å². The number of carbonyl (C=O) groups excluding carboxylic acids is 1. The molecule has 0 aliphatic heterocycles. The molecule has 200 valence electrons. The van der Waals surface area contributed by atoms with Crippen molar-refractivity contribution in [2.75, 3.05) is 13.2 Å². The second-order valence-electron chi connectivity index (χ2n) is 9.68. The second kappa shape index (κ2) is 11.7. The number of amides is 1. The van der Waals surface area contributed by atoms with Gasteiger partial charge in [0.05, 0.1) is 13.2 Å². The number of aryl methyl sites for hydroxylation is 1. The molecule has 0 unspecified atom stereocenters. The Morgan fingerprint density at radius 2 is 1.66 bits per heavy atom. The lowest BCUT2D eigenvalue weighted by Crippen LogP contribution is -2.25. The molecular weight excluding hydrogens is 482 g/mol. The van der Waals surface area contributed by atoms with Crippen molar-refractivity contribution >= 4 is 5.91 Å². The summed E-state index contributed by atoms with van der Waals surface area (Å²) >= 11 is 0. The van der Waals surface area contributed by atoms with E-state index in [0.29, 0.717) is 44.2 Å². The molecule has 10 nitrogen and oxygen atoms in total. The number of rotatable bonds is 12. The van der Waals surface area contributed by atoms with Crippen LogP contribution in [-0.4, -0.2) is 54.0 Å². The van der Waals surface area contributed by atoms with Crippen molar-refractivity contribution < 1.29 is 14.6 Å². The SMILES string of the molecule is CCCc1nc(C(C)(C)O)c(C(N)=O)n1Cc1ccc(-c2ccc(-c3nnnn3CCOCC)cc2)cc1. The summed E-state index contributed by atoms with van der Waals surface area (Å²) in [5.41, 5.74) is 9.07. The predicted octanol–water partition coefficient (Wildman–Crippen LogP) is 3.57. The Balaban J connectivity index is 1.55. The van der Waals surface area contributed by atoms with Crippen molar-refractivity contribution in [3.05, 3.63) is 71.3 Å². The highest BCUT2D eigenvalue weighted by atomic mass is 16.5. The van der Waals surface area contributed by atoms with Crippen LogP contribution in [0.25, 0.3) is 22.5 Å². The number of aromatic nitrogens is 6. The molecule has 0 saturated carbocycles. The smallest absolute Gasteiger partial charge is 0.267 e. The molecule has 2 aromatic heterocycles. The molecule has 10 heteroatoms. The Hall–Kier alpha value is -3.89. The molecule has 0 atom stereocenters. The fourth-order valence-electron chi connectivity index (χ4n) is 4.41. The summed E-state index contributed by atoms with van der Waals surface area (Å²) < 4.78 is 8.99. The van der Waals surface area contributed by atoms with Gasteiger partial charge in [0.15, 0.2) is 5.82 Å². The lowest BCUT2D eigenvalue weighted by Gasteiger charge is -2.16. The van der Waals surface area contributed by atoms with Crippen LogP contribution in [0.4, 0.5) is 0 Å². The number of primary amides is 1. The Morgan fingerprint density at radius 3 is 2.24 bits per heavy atom. The second-order valence-corrected chi connectivity index (χ2v) is 9.68. The summed E-state index contributed by atoms with van der Waals surface area (Å²) in [7, 11) is 0. The minimum atomic E-state index is -1.28. The van der Waals surface area contributed by atoms with Gasteiger partial charge < -0.3 is 20.1 Å². The maximum absolute atomic E-state index is 12.4. The number of nitrogens with two attached hydrogens (primary N) is 1. The molecule has 0 radical (unpaired) electrons. The van der Waals surface area contributed by atoms with Crippen molar-refractivity contribution in [2.45, 2.75) is 59.2 Å². The van der Waals surface area contributed by atoms with E-state index < -0.39 is 11.5 Å². The monoisotopic (exact) mass is 517 g/mol. The van der Waals surface area contributed by atoms with Gasteiger partial charge in [-0.25, -0.2) is 9.67 Å². The summed E-state index contributed by atoms with van der Waals surface area (Å²) in [5, 5.41) is 22.6. The first-order chi connectivity index (χ1) is 18.2. The molecule has 0 spiro atoms. The number of imidazole rings is 1. The highest BCUT2D eigenvalue weighted by Crippen LogP contribution is 2.27. The van der Waals surface area contributed by atoms with Gasteiger partial charge in [-0.3, -0.25) is 4.79 Å². The van der Waals surface area contributed by atoms with Gasteiger partial charge in [0.25, 0.3) is 5.91 Å². The molecule has 2 aromatic carbocycles. The number of benzene rings is 2. The molecule has 0 bridgehead atoms. The van der Waals surface area contributed by atoms with Gasteiger partial charge in [-0.05, 0) is 54.3 Å².